The summed E-state index contributed by atoms with van der Waals surface area (Å²) < 4.78 is 2.39. The molecule has 1 heterocycles. The molecule has 0 atom stereocenters. The van der Waals surface area contributed by atoms with E-state index in [9.17, 15) is 0 Å². The molecule has 0 saturated carbocycles. The Morgan fingerprint density at radius 1 is 1.54 bits per heavy atom. The Hall–Kier alpha value is -0.000000000000000111. The molecule has 0 aliphatic carbocycles. The summed E-state index contributed by atoms with van der Waals surface area (Å²) >= 11 is 9.80. The van der Waals surface area contributed by atoms with Gasteiger partial charge < -0.3 is 5.73 Å². The number of nitrogens with two attached hydrogens (primary N) is 1. The number of thiophene rings is 1. The lowest BCUT2D eigenvalue weighted by atomic mass is 10.1. The van der Waals surface area contributed by atoms with Crippen LogP contribution in [0.25, 0.3) is 10.1 Å². The number of hydrogen-bond donors (Lipinski definition) is 1. The molecule has 0 radical (unpaired) electrons. The Morgan fingerprint density at radius 2 is 2.31 bits per heavy atom. The van der Waals surface area contributed by atoms with E-state index in [2.05, 4.69) is 34.0 Å². The van der Waals surface area contributed by atoms with Gasteiger partial charge in [0.05, 0.1) is 5.88 Å². The van der Waals surface area contributed by atoms with Gasteiger partial charge in [0.2, 0.25) is 0 Å². The molecule has 2 N–H and O–H groups in total. The Balaban J connectivity index is 2.85. The quantitative estimate of drug-likeness (QED) is 0.482. The van der Waals surface area contributed by atoms with Gasteiger partial charge in [-0.25, -0.2) is 0 Å². The van der Waals surface area contributed by atoms with Gasteiger partial charge >= 0.3 is 0 Å². The van der Waals surface area contributed by atoms with Gasteiger partial charge in [-0.05, 0) is 40.1 Å². The minimum Gasteiger partial charge on any atom is -0.398 e. The lowest BCUT2D eigenvalue weighted by Gasteiger charge is -2.05. The highest BCUT2D eigenvalue weighted by atomic mass is 127. The van der Waals surface area contributed by atoms with Crippen molar-refractivity contribution in [1.29, 1.82) is 0 Å². The van der Waals surface area contributed by atoms with Gasteiger partial charge in [-0.15, -0.1) is 22.9 Å². The fourth-order valence-electron chi connectivity index (χ4n) is 1.28. The first-order chi connectivity index (χ1) is 6.24. The minimum absolute atomic E-state index is 0.482. The van der Waals surface area contributed by atoms with Crippen LogP contribution in [0.15, 0.2) is 17.5 Å². The largest absolute Gasteiger partial charge is 0.398 e. The van der Waals surface area contributed by atoms with E-state index in [0.29, 0.717) is 5.88 Å². The zero-order valence-corrected chi connectivity index (χ0v) is 10.4. The van der Waals surface area contributed by atoms with Crippen LogP contribution < -0.4 is 5.73 Å². The summed E-state index contributed by atoms with van der Waals surface area (Å²) in [6, 6.07) is 4.18. The molecule has 4 heteroatoms. The van der Waals surface area contributed by atoms with Crippen LogP contribution in [-0.4, -0.2) is 0 Å². The van der Waals surface area contributed by atoms with Crippen LogP contribution in [0.5, 0.6) is 0 Å². The normalized spacial score (nSPS) is 10.9. The van der Waals surface area contributed by atoms with Crippen molar-refractivity contribution in [3.63, 3.8) is 0 Å². The standard InChI is InChI=1S/C9H7ClINS/c10-4-6-7(11)3-8-5(9(6)12)1-2-13-8/h1-3H,4,12H2. The monoisotopic (exact) mass is 323 g/mol. The van der Waals surface area contributed by atoms with E-state index in [-0.39, 0.29) is 0 Å². The molecule has 1 aromatic carbocycles. The van der Waals surface area contributed by atoms with E-state index in [1.165, 1.54) is 4.70 Å². The summed E-state index contributed by atoms with van der Waals surface area (Å²) in [6.07, 6.45) is 0. The van der Waals surface area contributed by atoms with Crippen molar-refractivity contribution < 1.29 is 0 Å². The highest BCUT2D eigenvalue weighted by Crippen LogP contribution is 2.33. The smallest absolute Gasteiger partial charge is 0.0505 e. The molecule has 1 nitrogen and oxygen atoms in total. The van der Waals surface area contributed by atoms with Crippen molar-refractivity contribution in [2.24, 2.45) is 0 Å². The van der Waals surface area contributed by atoms with Gasteiger partial charge in [0, 0.05) is 24.9 Å². The number of nitrogen functional groups attached to an aromatic ring is 1. The van der Waals surface area contributed by atoms with Gasteiger partial charge in [0.1, 0.15) is 0 Å². The van der Waals surface area contributed by atoms with Crippen LogP contribution in [-0.2, 0) is 5.88 Å². The lowest BCUT2D eigenvalue weighted by molar-refractivity contribution is 1.40. The topological polar surface area (TPSA) is 26.0 Å². The molecule has 13 heavy (non-hydrogen) atoms. The maximum Gasteiger partial charge on any atom is 0.0505 e. The first kappa shape index (κ1) is 9.55. The first-order valence-electron chi connectivity index (χ1n) is 3.74. The van der Waals surface area contributed by atoms with Crippen molar-refractivity contribution in [1.82, 2.24) is 0 Å². The number of hydrogen-bond acceptors (Lipinski definition) is 2. The van der Waals surface area contributed by atoms with E-state index in [1.807, 2.05) is 6.07 Å². The maximum atomic E-state index is 5.99. The molecule has 2 aromatic rings. The highest BCUT2D eigenvalue weighted by molar-refractivity contribution is 14.1. The molecule has 0 unspecified atom stereocenters. The van der Waals surface area contributed by atoms with E-state index in [0.717, 1.165) is 20.2 Å². The van der Waals surface area contributed by atoms with E-state index >= 15 is 0 Å². The second-order valence-electron chi connectivity index (χ2n) is 2.72. The number of fused-ring (bicyclic) bond motifs is 1. The number of anilines is 1. The molecule has 0 amide bonds. The second kappa shape index (κ2) is 3.63. The third-order valence-corrected chi connectivity index (χ3v) is 4.08. The molecular formula is C9H7ClINS. The molecule has 0 bridgehead atoms. The number of alkyl halides is 1. The molecule has 0 fully saturated rings. The van der Waals surface area contributed by atoms with Crippen LogP contribution in [0, 0.1) is 3.57 Å². The van der Waals surface area contributed by atoms with Crippen molar-refractivity contribution in [3.05, 3.63) is 26.6 Å². The summed E-state index contributed by atoms with van der Waals surface area (Å²) in [5.41, 5.74) is 7.87. The molecule has 0 spiro atoms. The second-order valence-corrected chi connectivity index (χ2v) is 5.09. The van der Waals surface area contributed by atoms with E-state index in [1.54, 1.807) is 11.3 Å². The van der Waals surface area contributed by atoms with Crippen molar-refractivity contribution in [2.75, 3.05) is 5.73 Å². The minimum atomic E-state index is 0.482. The lowest BCUT2D eigenvalue weighted by Crippen LogP contribution is -1.95. The summed E-state index contributed by atoms with van der Waals surface area (Å²) in [5, 5.41) is 3.18. The Labute approximate surface area is 99.0 Å². The average Bonchev–Trinajstić information content (AvgIpc) is 2.53. The third kappa shape index (κ3) is 1.53. The summed E-state index contributed by atoms with van der Waals surface area (Å²) in [7, 11) is 0. The SMILES string of the molecule is Nc1c(CCl)c(I)cc2sccc12. The fourth-order valence-corrected chi connectivity index (χ4v) is 3.64. The van der Waals surface area contributed by atoms with Crippen LogP contribution in [0.3, 0.4) is 0 Å². The molecule has 1 aromatic heterocycles. The van der Waals surface area contributed by atoms with Crippen LogP contribution >= 0.6 is 45.5 Å². The molecule has 0 aliphatic heterocycles. The zero-order chi connectivity index (χ0) is 9.42. The molecule has 2 rings (SSSR count). The zero-order valence-electron chi connectivity index (χ0n) is 6.68. The predicted octanol–water partition coefficient (Wildman–Crippen LogP) is 3.83. The summed E-state index contributed by atoms with van der Waals surface area (Å²) in [6.45, 7) is 0. The van der Waals surface area contributed by atoms with Crippen LogP contribution in [0.2, 0.25) is 0 Å². The molecular weight excluding hydrogens is 317 g/mol. The molecule has 0 saturated heterocycles. The Kier molecular flexibility index (Phi) is 2.67. The van der Waals surface area contributed by atoms with Crippen LogP contribution in [0.4, 0.5) is 5.69 Å². The van der Waals surface area contributed by atoms with Gasteiger partial charge in [0.25, 0.3) is 0 Å². The average molecular weight is 324 g/mol. The van der Waals surface area contributed by atoms with Crippen molar-refractivity contribution in [2.45, 2.75) is 5.88 Å². The van der Waals surface area contributed by atoms with Crippen LogP contribution in [0.1, 0.15) is 5.56 Å². The third-order valence-electron chi connectivity index (χ3n) is 1.99. The maximum absolute atomic E-state index is 5.99. The fraction of sp³-hybridized carbons (Fsp3) is 0.111. The Bertz CT molecular complexity index is 452. The van der Waals surface area contributed by atoms with Gasteiger partial charge in [0.15, 0.2) is 0 Å². The Morgan fingerprint density at radius 3 is 3.00 bits per heavy atom. The van der Waals surface area contributed by atoms with E-state index in [4.69, 9.17) is 17.3 Å². The van der Waals surface area contributed by atoms with Gasteiger partial charge in [-0.1, -0.05) is 0 Å². The predicted molar refractivity (Wildman–Crippen MR) is 68.5 cm³/mol. The van der Waals surface area contributed by atoms with Crippen molar-refractivity contribution >= 4 is 61.3 Å². The number of halogens is 2. The highest BCUT2D eigenvalue weighted by Gasteiger charge is 2.08. The molecule has 0 aliphatic rings. The summed E-state index contributed by atoms with van der Waals surface area (Å²) in [5.74, 6) is 0.482. The number of rotatable bonds is 1. The summed E-state index contributed by atoms with van der Waals surface area (Å²) in [4.78, 5) is 0. The van der Waals surface area contributed by atoms with Gasteiger partial charge in [-0.2, -0.15) is 0 Å². The first-order valence-corrected chi connectivity index (χ1v) is 6.23. The number of benzene rings is 1. The van der Waals surface area contributed by atoms with E-state index < -0.39 is 0 Å². The van der Waals surface area contributed by atoms with Crippen molar-refractivity contribution in [3.8, 4) is 0 Å². The van der Waals surface area contributed by atoms with Gasteiger partial charge in [-0.3, -0.25) is 0 Å². The molecule has 68 valence electrons.